The van der Waals surface area contributed by atoms with E-state index in [1.807, 2.05) is 6.07 Å². The molecule has 0 aromatic heterocycles. The van der Waals surface area contributed by atoms with Crippen molar-refractivity contribution in [2.45, 2.75) is 50.0 Å². The van der Waals surface area contributed by atoms with Crippen LogP contribution in [-0.2, 0) is 10.8 Å². The van der Waals surface area contributed by atoms with E-state index in [2.05, 4.69) is 12.2 Å². The molecule has 1 N–H and O–H groups in total. The second kappa shape index (κ2) is 8.52. The first-order chi connectivity index (χ1) is 10.1. The Bertz CT molecular complexity index is 489. The number of hydrogen-bond donors (Lipinski definition) is 1. The summed E-state index contributed by atoms with van der Waals surface area (Å²) in [7, 11) is -1.04. The highest BCUT2D eigenvalue weighted by Crippen LogP contribution is 2.29. The molecule has 2 nitrogen and oxygen atoms in total. The van der Waals surface area contributed by atoms with Gasteiger partial charge in [0.25, 0.3) is 0 Å². The van der Waals surface area contributed by atoms with E-state index in [1.165, 1.54) is 25.7 Å². The van der Waals surface area contributed by atoms with Gasteiger partial charge in [0.15, 0.2) is 0 Å². The molecule has 0 radical (unpaired) electrons. The largest absolute Gasteiger partial charge is 0.313 e. The Hall–Kier alpha value is -0.0900. The molecule has 1 aromatic carbocycles. The minimum Gasteiger partial charge on any atom is -0.313 e. The SMILES string of the molecule is CCCNC(CS(=O)c1ccc(Cl)c(Cl)c1)C1CCCC1. The summed E-state index contributed by atoms with van der Waals surface area (Å²) in [6, 6.07) is 5.60. The molecule has 1 aliphatic rings. The first-order valence-corrected chi connectivity index (χ1v) is 9.76. The molecule has 0 heterocycles. The fourth-order valence-corrected chi connectivity index (χ4v) is 4.67. The van der Waals surface area contributed by atoms with Gasteiger partial charge < -0.3 is 5.32 Å². The zero-order valence-corrected chi connectivity index (χ0v) is 14.7. The van der Waals surface area contributed by atoms with E-state index in [0.29, 0.717) is 27.8 Å². The maximum atomic E-state index is 12.6. The number of rotatable bonds is 7. The van der Waals surface area contributed by atoms with Gasteiger partial charge in [0.05, 0.1) is 20.8 Å². The zero-order valence-electron chi connectivity index (χ0n) is 12.4. The van der Waals surface area contributed by atoms with Crippen LogP contribution in [0.2, 0.25) is 10.0 Å². The monoisotopic (exact) mass is 347 g/mol. The van der Waals surface area contributed by atoms with Crippen molar-refractivity contribution < 1.29 is 4.21 Å². The summed E-state index contributed by atoms with van der Waals surface area (Å²) >= 11 is 11.9. The molecule has 5 heteroatoms. The first-order valence-electron chi connectivity index (χ1n) is 7.68. The summed E-state index contributed by atoms with van der Waals surface area (Å²) in [4.78, 5) is 0.769. The average molecular weight is 348 g/mol. The van der Waals surface area contributed by atoms with Crippen LogP contribution in [0.3, 0.4) is 0 Å². The number of nitrogens with one attached hydrogen (secondary N) is 1. The normalized spacial score (nSPS) is 18.8. The van der Waals surface area contributed by atoms with Crippen LogP contribution in [0.1, 0.15) is 39.0 Å². The van der Waals surface area contributed by atoms with Crippen molar-refractivity contribution in [3.63, 3.8) is 0 Å². The van der Waals surface area contributed by atoms with Gasteiger partial charge in [-0.15, -0.1) is 0 Å². The van der Waals surface area contributed by atoms with Crippen LogP contribution in [0.5, 0.6) is 0 Å². The molecule has 1 aromatic rings. The van der Waals surface area contributed by atoms with Crippen LogP contribution in [-0.4, -0.2) is 22.5 Å². The Kier molecular flexibility index (Phi) is 7.00. The van der Waals surface area contributed by atoms with Crippen LogP contribution < -0.4 is 5.32 Å². The molecule has 0 saturated heterocycles. The van der Waals surface area contributed by atoms with Gasteiger partial charge in [-0.2, -0.15) is 0 Å². The zero-order chi connectivity index (χ0) is 15.2. The minimum atomic E-state index is -1.04. The molecule has 2 rings (SSSR count). The van der Waals surface area contributed by atoms with Crippen molar-refractivity contribution in [2.24, 2.45) is 5.92 Å². The van der Waals surface area contributed by atoms with E-state index in [4.69, 9.17) is 23.2 Å². The Morgan fingerprint density at radius 2 is 2.00 bits per heavy atom. The Balaban J connectivity index is 2.03. The van der Waals surface area contributed by atoms with Gasteiger partial charge in [0, 0.05) is 16.7 Å². The van der Waals surface area contributed by atoms with Crippen molar-refractivity contribution in [3.05, 3.63) is 28.2 Å². The second-order valence-corrected chi connectivity index (χ2v) is 8.00. The van der Waals surface area contributed by atoms with E-state index in [1.54, 1.807) is 12.1 Å². The first kappa shape index (κ1) is 17.3. The predicted octanol–water partition coefficient (Wildman–Crippen LogP) is 4.66. The van der Waals surface area contributed by atoms with Gasteiger partial charge in [0.1, 0.15) is 0 Å². The molecule has 1 fully saturated rings. The molecular weight excluding hydrogens is 325 g/mol. The standard InChI is InChI=1S/C16H23Cl2NOS/c1-2-9-19-16(12-5-3-4-6-12)11-21(20)13-7-8-14(17)15(18)10-13/h7-8,10,12,16,19H,2-6,9,11H2,1H3. The average Bonchev–Trinajstić information content (AvgIpc) is 3.00. The quantitative estimate of drug-likeness (QED) is 0.776. The van der Waals surface area contributed by atoms with E-state index in [0.717, 1.165) is 17.9 Å². The molecule has 0 amide bonds. The number of hydrogen-bond acceptors (Lipinski definition) is 2. The third kappa shape index (κ3) is 4.95. The molecule has 0 spiro atoms. The molecule has 0 aliphatic heterocycles. The van der Waals surface area contributed by atoms with Gasteiger partial charge in [-0.3, -0.25) is 4.21 Å². The molecule has 118 valence electrons. The van der Waals surface area contributed by atoms with Crippen LogP contribution in [0.25, 0.3) is 0 Å². The Morgan fingerprint density at radius 3 is 2.62 bits per heavy atom. The molecule has 1 saturated carbocycles. The maximum absolute atomic E-state index is 12.6. The van der Waals surface area contributed by atoms with Gasteiger partial charge >= 0.3 is 0 Å². The van der Waals surface area contributed by atoms with Crippen LogP contribution >= 0.6 is 23.2 Å². The van der Waals surface area contributed by atoms with Crippen LogP contribution in [0, 0.1) is 5.92 Å². The lowest BCUT2D eigenvalue weighted by Gasteiger charge is -2.24. The highest BCUT2D eigenvalue weighted by Gasteiger charge is 2.26. The van der Waals surface area contributed by atoms with Crippen molar-refractivity contribution >= 4 is 34.0 Å². The summed E-state index contributed by atoms with van der Waals surface area (Å²) in [6.45, 7) is 3.15. The van der Waals surface area contributed by atoms with Gasteiger partial charge in [0.2, 0.25) is 0 Å². The van der Waals surface area contributed by atoms with E-state index < -0.39 is 10.8 Å². The predicted molar refractivity (Wildman–Crippen MR) is 91.8 cm³/mol. The van der Waals surface area contributed by atoms with E-state index in [9.17, 15) is 4.21 Å². The summed E-state index contributed by atoms with van der Waals surface area (Å²) in [5, 5.41) is 4.57. The van der Waals surface area contributed by atoms with Crippen molar-refractivity contribution in [1.29, 1.82) is 0 Å². The lowest BCUT2D eigenvalue weighted by molar-refractivity contribution is 0.385. The lowest BCUT2D eigenvalue weighted by atomic mass is 10.00. The summed E-state index contributed by atoms with van der Waals surface area (Å²) < 4.78 is 12.6. The second-order valence-electron chi connectivity index (χ2n) is 5.69. The third-order valence-corrected chi connectivity index (χ3v) is 6.29. The Morgan fingerprint density at radius 1 is 1.29 bits per heavy atom. The summed E-state index contributed by atoms with van der Waals surface area (Å²) in [5.74, 6) is 1.31. The van der Waals surface area contributed by atoms with Gasteiger partial charge in [-0.1, -0.05) is 43.0 Å². The lowest BCUT2D eigenvalue weighted by Crippen LogP contribution is -2.40. The fourth-order valence-electron chi connectivity index (χ4n) is 2.93. The molecule has 0 bridgehead atoms. The molecule has 2 atom stereocenters. The molecule has 21 heavy (non-hydrogen) atoms. The highest BCUT2D eigenvalue weighted by molar-refractivity contribution is 7.85. The minimum absolute atomic E-state index is 0.336. The fraction of sp³-hybridized carbons (Fsp3) is 0.625. The number of halogens is 2. The summed E-state index contributed by atoms with van der Waals surface area (Å²) in [5.41, 5.74) is 0. The van der Waals surface area contributed by atoms with Crippen LogP contribution in [0.15, 0.2) is 23.1 Å². The molecular formula is C16H23Cl2NOS. The summed E-state index contributed by atoms with van der Waals surface area (Å²) in [6.07, 6.45) is 6.20. The van der Waals surface area contributed by atoms with Crippen molar-refractivity contribution in [2.75, 3.05) is 12.3 Å². The number of benzene rings is 1. The third-order valence-electron chi connectivity index (χ3n) is 4.11. The molecule has 2 unspecified atom stereocenters. The topological polar surface area (TPSA) is 29.1 Å². The van der Waals surface area contributed by atoms with Crippen molar-refractivity contribution in [3.8, 4) is 0 Å². The highest BCUT2D eigenvalue weighted by atomic mass is 35.5. The molecule has 1 aliphatic carbocycles. The van der Waals surface area contributed by atoms with Gasteiger partial charge in [-0.25, -0.2) is 0 Å². The smallest absolute Gasteiger partial charge is 0.0604 e. The van der Waals surface area contributed by atoms with Crippen molar-refractivity contribution in [1.82, 2.24) is 5.32 Å². The van der Waals surface area contributed by atoms with E-state index >= 15 is 0 Å². The maximum Gasteiger partial charge on any atom is 0.0604 e. The van der Waals surface area contributed by atoms with Crippen LogP contribution in [0.4, 0.5) is 0 Å². The van der Waals surface area contributed by atoms with E-state index in [-0.39, 0.29) is 0 Å². The Labute approximate surface area is 140 Å². The van der Waals surface area contributed by atoms with Gasteiger partial charge in [-0.05, 0) is 49.9 Å².